The van der Waals surface area contributed by atoms with Crippen molar-refractivity contribution >= 4 is 75.2 Å². The maximum absolute atomic E-state index is 12.6. The molecule has 0 radical (unpaired) electrons. The third-order valence-corrected chi connectivity index (χ3v) is 7.74. The fourth-order valence-corrected chi connectivity index (χ4v) is 5.24. The highest BCUT2D eigenvalue weighted by molar-refractivity contribution is 6.42. The van der Waals surface area contributed by atoms with Crippen LogP contribution >= 0.6 is 34.8 Å². The monoisotopic (exact) mass is 635 g/mol. The van der Waals surface area contributed by atoms with Gasteiger partial charge in [0.25, 0.3) is 0 Å². The largest absolute Gasteiger partial charge is 0.494 e. The van der Waals surface area contributed by atoms with E-state index in [9.17, 15) is 9.90 Å². The van der Waals surface area contributed by atoms with E-state index in [4.69, 9.17) is 39.5 Å². The van der Waals surface area contributed by atoms with Crippen LogP contribution in [-0.4, -0.2) is 72.1 Å². The first-order valence-corrected chi connectivity index (χ1v) is 14.8. The van der Waals surface area contributed by atoms with Crippen LogP contribution in [-0.2, 0) is 10.4 Å². The zero-order valence-corrected chi connectivity index (χ0v) is 26.5. The number of benzene rings is 2. The van der Waals surface area contributed by atoms with Gasteiger partial charge in [0.15, 0.2) is 0 Å². The molecule has 13 heteroatoms. The molecule has 1 fully saturated rings. The first-order chi connectivity index (χ1) is 19.9. The molecular formula is C29H36Cl3N7O3. The van der Waals surface area contributed by atoms with Crippen molar-refractivity contribution in [2.75, 3.05) is 61.0 Å². The van der Waals surface area contributed by atoms with E-state index in [2.05, 4.69) is 35.7 Å². The molecule has 1 amide bonds. The van der Waals surface area contributed by atoms with E-state index >= 15 is 0 Å². The molecule has 3 aromatic rings. The molecule has 1 aromatic heterocycles. The van der Waals surface area contributed by atoms with Gasteiger partial charge in [-0.2, -0.15) is 4.98 Å². The van der Waals surface area contributed by atoms with Crippen LogP contribution < -0.4 is 25.6 Å². The molecule has 0 saturated carbocycles. The lowest BCUT2D eigenvalue weighted by molar-refractivity contribution is -0.115. The third-order valence-electron chi connectivity index (χ3n) is 6.83. The summed E-state index contributed by atoms with van der Waals surface area (Å²) in [5.41, 5.74) is 1.99. The number of carbonyl (C=O) groups excluding carboxylic acids is 1. The number of halogens is 3. The number of carbonyl (C=O) groups is 1. The highest BCUT2D eigenvalue weighted by atomic mass is 35.5. The van der Waals surface area contributed by atoms with Crippen LogP contribution in [0.25, 0.3) is 0 Å². The molecule has 1 aliphatic heterocycles. The molecule has 226 valence electrons. The van der Waals surface area contributed by atoms with E-state index in [-0.39, 0.29) is 24.2 Å². The number of nitrogens with one attached hydrogen (secondary N) is 3. The molecule has 2 aromatic carbocycles. The Bertz CT molecular complexity index is 1430. The van der Waals surface area contributed by atoms with Crippen molar-refractivity contribution < 1.29 is 14.6 Å². The Morgan fingerprint density at radius 2 is 1.88 bits per heavy atom. The minimum Gasteiger partial charge on any atom is -0.494 e. The van der Waals surface area contributed by atoms with Crippen LogP contribution in [0.3, 0.4) is 0 Å². The number of hydrogen-bond donors (Lipinski definition) is 4. The molecule has 1 saturated heterocycles. The number of rotatable bonds is 12. The van der Waals surface area contributed by atoms with Gasteiger partial charge < -0.3 is 35.6 Å². The van der Waals surface area contributed by atoms with Gasteiger partial charge in [-0.25, -0.2) is 4.98 Å². The molecule has 4 N–H and O–H groups in total. The zero-order valence-electron chi connectivity index (χ0n) is 24.3. The lowest BCUT2D eigenvalue weighted by atomic mass is 9.96. The van der Waals surface area contributed by atoms with Gasteiger partial charge in [-0.3, -0.25) is 4.79 Å². The Morgan fingerprint density at radius 3 is 2.50 bits per heavy atom. The number of anilines is 6. The van der Waals surface area contributed by atoms with Crippen LogP contribution in [0.1, 0.15) is 32.3 Å². The van der Waals surface area contributed by atoms with Crippen molar-refractivity contribution in [1.82, 2.24) is 14.9 Å². The highest BCUT2D eigenvalue weighted by Crippen LogP contribution is 2.42. The van der Waals surface area contributed by atoms with E-state index in [0.717, 1.165) is 25.2 Å². The number of aliphatic hydroxyl groups is 1. The second-order valence-corrected chi connectivity index (χ2v) is 12.0. The molecular weight excluding hydrogens is 601 g/mol. The third kappa shape index (κ3) is 7.67. The maximum Gasteiger partial charge on any atom is 0.229 e. The summed E-state index contributed by atoms with van der Waals surface area (Å²) in [6.07, 6.45) is 2.83. The van der Waals surface area contributed by atoms with E-state index in [1.807, 2.05) is 26.2 Å². The second-order valence-electron chi connectivity index (χ2n) is 10.8. The van der Waals surface area contributed by atoms with Crippen LogP contribution in [0, 0.1) is 0 Å². The summed E-state index contributed by atoms with van der Waals surface area (Å²) in [4.78, 5) is 26.0. The number of methoxy groups -OCH3 is 1. The van der Waals surface area contributed by atoms with E-state index in [0.29, 0.717) is 50.3 Å². The Balaban J connectivity index is 1.66. The average molecular weight is 637 g/mol. The van der Waals surface area contributed by atoms with Crippen molar-refractivity contribution in [2.24, 2.45) is 0 Å². The summed E-state index contributed by atoms with van der Waals surface area (Å²) in [6, 6.07) is 9.00. The normalized spacial score (nSPS) is 14.9. The molecule has 4 rings (SSSR count). The van der Waals surface area contributed by atoms with Gasteiger partial charge in [-0.05, 0) is 58.6 Å². The van der Waals surface area contributed by atoms with Gasteiger partial charge in [-0.15, -0.1) is 11.6 Å². The number of alkyl halides is 1. The lowest BCUT2D eigenvalue weighted by Gasteiger charge is -2.45. The van der Waals surface area contributed by atoms with E-state index in [1.165, 1.54) is 0 Å². The van der Waals surface area contributed by atoms with Crippen LogP contribution in [0.2, 0.25) is 10.0 Å². The summed E-state index contributed by atoms with van der Waals surface area (Å²) >= 11 is 18.3. The summed E-state index contributed by atoms with van der Waals surface area (Å²) in [6.45, 7) is 5.07. The fraction of sp³-hybridized carbons (Fsp3) is 0.414. The Kier molecular flexibility index (Phi) is 10.3. The average Bonchev–Trinajstić information content (AvgIpc) is 2.89. The molecule has 1 aliphatic rings. The predicted molar refractivity (Wildman–Crippen MR) is 172 cm³/mol. The first-order valence-electron chi connectivity index (χ1n) is 13.5. The van der Waals surface area contributed by atoms with Crippen LogP contribution in [0.4, 0.5) is 34.5 Å². The van der Waals surface area contributed by atoms with Crippen molar-refractivity contribution in [3.05, 3.63) is 52.1 Å². The second kappa shape index (κ2) is 13.5. The molecule has 42 heavy (non-hydrogen) atoms. The molecule has 2 heterocycles. The van der Waals surface area contributed by atoms with Gasteiger partial charge >= 0.3 is 0 Å². The number of nitrogens with zero attached hydrogens (tertiary/aromatic N) is 4. The zero-order chi connectivity index (χ0) is 30.6. The van der Waals surface area contributed by atoms with Crippen LogP contribution in [0.5, 0.6) is 5.75 Å². The SMILES string of the molecule is COc1cc(N2CC[C@@H]2CN(C)C)c(NC(=O)CCCl)cc1Nc1nccc(Nc2cc(Cl)c(Cl)cc2C(C)(C)O)n1. The quantitative estimate of drug-likeness (QED) is 0.172. The Morgan fingerprint density at radius 1 is 1.14 bits per heavy atom. The minimum absolute atomic E-state index is 0.182. The predicted octanol–water partition coefficient (Wildman–Crippen LogP) is 6.21. The lowest BCUT2D eigenvalue weighted by Crippen LogP contribution is -2.53. The van der Waals surface area contributed by atoms with Gasteiger partial charge in [-0.1, -0.05) is 23.2 Å². The standard InChI is InChI=1S/C29H36Cl3N7O3/c1-29(2,41)18-12-19(31)20(32)13-21(18)34-26-7-10-33-28(37-26)36-23-14-22(35-27(40)6-9-30)24(15-25(23)42-5)39-11-8-17(39)16-38(3)4/h7,10,12-15,17,41H,6,8-9,11,16H2,1-5H3,(H,35,40)(H2,33,34,36,37)/t17-/m1/s1. The Labute approximate surface area is 261 Å². The van der Waals surface area contributed by atoms with Crippen molar-refractivity contribution in [2.45, 2.75) is 38.3 Å². The topological polar surface area (TPSA) is 115 Å². The van der Waals surface area contributed by atoms with Crippen molar-refractivity contribution in [3.8, 4) is 5.75 Å². The molecule has 0 bridgehead atoms. The van der Waals surface area contributed by atoms with Crippen molar-refractivity contribution in [1.29, 1.82) is 0 Å². The summed E-state index contributed by atoms with van der Waals surface area (Å²) in [5.74, 6) is 1.33. The van der Waals surface area contributed by atoms with Crippen LogP contribution in [0.15, 0.2) is 36.5 Å². The van der Waals surface area contributed by atoms with Gasteiger partial charge in [0.2, 0.25) is 11.9 Å². The number of likely N-dealkylation sites (N-methyl/N-ethyl adjacent to an activating group) is 1. The summed E-state index contributed by atoms with van der Waals surface area (Å²) in [5, 5.41) is 20.8. The number of amides is 1. The fourth-order valence-electron chi connectivity index (χ4n) is 4.74. The number of hydrogen-bond acceptors (Lipinski definition) is 9. The summed E-state index contributed by atoms with van der Waals surface area (Å²) < 4.78 is 5.74. The molecule has 0 aliphatic carbocycles. The maximum atomic E-state index is 12.6. The Hall–Kier alpha value is -3.02. The molecule has 0 spiro atoms. The first kappa shape index (κ1) is 31.9. The molecule has 1 atom stereocenters. The van der Waals surface area contributed by atoms with Gasteiger partial charge in [0, 0.05) is 54.9 Å². The van der Waals surface area contributed by atoms with Gasteiger partial charge in [0.1, 0.15) is 11.6 Å². The number of ether oxygens (including phenoxy) is 1. The highest BCUT2D eigenvalue weighted by Gasteiger charge is 2.31. The van der Waals surface area contributed by atoms with Crippen molar-refractivity contribution in [3.63, 3.8) is 0 Å². The molecule has 10 nitrogen and oxygen atoms in total. The van der Waals surface area contributed by atoms with Gasteiger partial charge in [0.05, 0.1) is 39.8 Å². The smallest absolute Gasteiger partial charge is 0.229 e. The molecule has 0 unspecified atom stereocenters. The minimum atomic E-state index is -1.19. The summed E-state index contributed by atoms with van der Waals surface area (Å²) in [7, 11) is 5.68. The van der Waals surface area contributed by atoms with E-state index in [1.54, 1.807) is 45.4 Å². The van der Waals surface area contributed by atoms with E-state index < -0.39 is 5.60 Å². The number of aromatic nitrogens is 2.